The largest absolute Gasteiger partial charge is 0.489 e. The van der Waals surface area contributed by atoms with Crippen molar-refractivity contribution in [3.05, 3.63) is 120 Å². The van der Waals surface area contributed by atoms with Crippen LogP contribution in [-0.2, 0) is 4.74 Å². The molecule has 1 aliphatic heterocycles. The van der Waals surface area contributed by atoms with Gasteiger partial charge in [-0.05, 0) is 60.7 Å². The summed E-state index contributed by atoms with van der Waals surface area (Å²) in [7, 11) is 0. The highest BCUT2D eigenvalue weighted by Gasteiger charge is 2.16. The molecule has 0 unspecified atom stereocenters. The van der Waals surface area contributed by atoms with Crippen LogP contribution in [0, 0.1) is 0 Å². The minimum Gasteiger partial charge on any atom is -0.489 e. The second-order valence-corrected chi connectivity index (χ2v) is 9.30. The van der Waals surface area contributed by atoms with Crippen molar-refractivity contribution in [1.29, 1.82) is 0 Å². The summed E-state index contributed by atoms with van der Waals surface area (Å²) in [6, 6.07) is 28.4. The number of fused-ring (bicyclic) bond motifs is 4. The number of anilines is 2. The maximum Gasteiger partial charge on any atom is 0.259 e. The number of carbonyl (C=O) groups excluding carboxylic acids is 2. The van der Waals surface area contributed by atoms with Gasteiger partial charge in [0.05, 0.1) is 35.7 Å². The van der Waals surface area contributed by atoms with Crippen LogP contribution in [0.15, 0.2) is 109 Å². The van der Waals surface area contributed by atoms with Gasteiger partial charge in [0.15, 0.2) is 0 Å². The van der Waals surface area contributed by atoms with Crippen molar-refractivity contribution in [3.8, 4) is 23.0 Å². The molecular weight excluding hydrogens is 548 g/mol. The minimum absolute atomic E-state index is 0.215. The first-order valence-corrected chi connectivity index (χ1v) is 13.9. The molecule has 2 amide bonds. The van der Waals surface area contributed by atoms with Gasteiger partial charge in [-0.3, -0.25) is 9.59 Å². The highest BCUT2D eigenvalue weighted by Crippen LogP contribution is 2.28. The Balaban J connectivity index is 1.33. The van der Waals surface area contributed by atoms with E-state index in [-0.39, 0.29) is 38.2 Å². The molecule has 2 N–H and O–H groups in total. The van der Waals surface area contributed by atoms with Crippen molar-refractivity contribution in [1.82, 2.24) is 0 Å². The summed E-state index contributed by atoms with van der Waals surface area (Å²) in [6.07, 6.45) is 3.58. The normalized spacial score (nSPS) is 15.7. The predicted octanol–water partition coefficient (Wildman–Crippen LogP) is 5.99. The second kappa shape index (κ2) is 15.1. The molecule has 0 radical (unpaired) electrons. The fourth-order valence-electron chi connectivity index (χ4n) is 4.27. The highest BCUT2D eigenvalue weighted by molar-refractivity contribution is 6.07. The van der Waals surface area contributed by atoms with Crippen LogP contribution in [-0.4, -0.2) is 51.5 Å². The maximum atomic E-state index is 13.2. The van der Waals surface area contributed by atoms with E-state index < -0.39 is 0 Å². The van der Waals surface area contributed by atoms with E-state index in [1.807, 2.05) is 24.3 Å². The Bertz CT molecular complexity index is 1450. The van der Waals surface area contributed by atoms with Gasteiger partial charge in [-0.15, -0.1) is 0 Å². The van der Waals surface area contributed by atoms with E-state index >= 15 is 0 Å². The smallest absolute Gasteiger partial charge is 0.259 e. The lowest BCUT2D eigenvalue weighted by atomic mass is 10.1. The minimum atomic E-state index is -0.326. The number of nitrogens with one attached hydrogen (secondary N) is 2. The zero-order valence-electron chi connectivity index (χ0n) is 23.5. The number of hydrogen-bond acceptors (Lipinski definition) is 7. The average Bonchev–Trinajstić information content (AvgIpc) is 3.03. The molecule has 0 saturated heterocycles. The maximum absolute atomic E-state index is 13.2. The number of para-hydroxylation sites is 6. The van der Waals surface area contributed by atoms with Crippen LogP contribution >= 0.6 is 0 Å². The monoisotopic (exact) mass is 580 g/mol. The van der Waals surface area contributed by atoms with Crippen LogP contribution < -0.4 is 29.6 Å². The number of carbonyl (C=O) groups is 2. The summed E-state index contributed by atoms with van der Waals surface area (Å²) in [5.74, 6) is 1.27. The average molecular weight is 581 g/mol. The quantitative estimate of drug-likeness (QED) is 0.246. The lowest BCUT2D eigenvalue weighted by Crippen LogP contribution is -2.16. The van der Waals surface area contributed by atoms with Crippen LogP contribution in [0.4, 0.5) is 11.4 Å². The molecule has 5 rings (SSSR count). The third-order valence-corrected chi connectivity index (χ3v) is 6.34. The second-order valence-electron chi connectivity index (χ2n) is 9.30. The van der Waals surface area contributed by atoms with E-state index in [0.717, 1.165) is 0 Å². The van der Waals surface area contributed by atoms with Crippen LogP contribution in [0.2, 0.25) is 0 Å². The first-order chi connectivity index (χ1) is 21.2. The zero-order valence-corrected chi connectivity index (χ0v) is 23.5. The zero-order chi connectivity index (χ0) is 29.7. The van der Waals surface area contributed by atoms with Gasteiger partial charge in [0.25, 0.3) is 11.8 Å². The fourth-order valence-corrected chi connectivity index (χ4v) is 4.27. The Morgan fingerprint density at radius 1 is 0.442 bits per heavy atom. The van der Waals surface area contributed by atoms with E-state index in [0.29, 0.717) is 58.7 Å². The Morgan fingerprint density at radius 2 is 0.837 bits per heavy atom. The topological polar surface area (TPSA) is 104 Å². The lowest BCUT2D eigenvalue weighted by molar-refractivity contribution is 0.0767. The molecule has 4 aromatic carbocycles. The van der Waals surface area contributed by atoms with Gasteiger partial charge >= 0.3 is 0 Å². The van der Waals surface area contributed by atoms with Crippen LogP contribution in [0.1, 0.15) is 20.7 Å². The molecule has 9 heteroatoms. The van der Waals surface area contributed by atoms with Gasteiger partial charge in [-0.1, -0.05) is 48.5 Å². The molecule has 9 nitrogen and oxygen atoms in total. The fraction of sp³-hybridized carbons (Fsp3) is 0.176. The SMILES string of the molecule is O=C1Nc2ccccc2OCCOCCOc2ccccc2NC(=O)c2ccccc2OC/C=C/COc2ccccc21. The van der Waals surface area contributed by atoms with Crippen molar-refractivity contribution >= 4 is 23.2 Å². The van der Waals surface area contributed by atoms with Crippen LogP contribution in [0.3, 0.4) is 0 Å². The lowest BCUT2D eigenvalue weighted by Gasteiger charge is -2.15. The molecule has 1 aliphatic rings. The van der Waals surface area contributed by atoms with E-state index in [9.17, 15) is 9.59 Å². The van der Waals surface area contributed by atoms with Crippen LogP contribution in [0.5, 0.6) is 23.0 Å². The Kier molecular flexibility index (Phi) is 10.3. The summed E-state index contributed by atoms with van der Waals surface area (Å²) in [5.41, 5.74) is 1.84. The van der Waals surface area contributed by atoms with Crippen molar-refractivity contribution in [2.24, 2.45) is 0 Å². The summed E-state index contributed by atoms with van der Waals surface area (Å²) >= 11 is 0. The van der Waals surface area contributed by atoms with Gasteiger partial charge in [0.2, 0.25) is 0 Å². The molecule has 0 fully saturated rings. The Morgan fingerprint density at radius 3 is 1.30 bits per heavy atom. The predicted molar refractivity (Wildman–Crippen MR) is 164 cm³/mol. The summed E-state index contributed by atoms with van der Waals surface area (Å²) in [4.78, 5) is 26.4. The number of ether oxygens (including phenoxy) is 5. The number of hydrogen-bond donors (Lipinski definition) is 2. The van der Waals surface area contributed by atoms with Gasteiger partial charge in [-0.25, -0.2) is 0 Å². The molecule has 43 heavy (non-hydrogen) atoms. The Labute approximate surface area is 250 Å². The van der Waals surface area contributed by atoms with Gasteiger partial charge in [-0.2, -0.15) is 0 Å². The number of benzene rings is 4. The first kappa shape index (κ1) is 29.2. The molecule has 220 valence electrons. The molecule has 4 aromatic rings. The number of rotatable bonds is 0. The summed E-state index contributed by atoms with van der Waals surface area (Å²) in [6.45, 7) is 1.59. The van der Waals surface area contributed by atoms with E-state index in [1.165, 1.54) is 0 Å². The molecule has 0 aliphatic carbocycles. The third-order valence-electron chi connectivity index (χ3n) is 6.34. The molecule has 0 atom stereocenters. The van der Waals surface area contributed by atoms with Crippen molar-refractivity contribution < 1.29 is 33.3 Å². The molecule has 0 bridgehead atoms. The first-order valence-electron chi connectivity index (χ1n) is 13.9. The standard InChI is InChI=1S/C34H32N2O7/c37-33-25-11-1-5-15-29(25)40-19-9-10-20-41-30-16-6-2-12-26(30)34(38)36-28-14-4-8-18-32(28)43-24-22-39-21-23-42-31-17-7-3-13-27(31)35-33/h1-18H,19-24H2,(H,35,37)(H,36,38)/b10-9+. The van der Waals surface area contributed by atoms with E-state index in [2.05, 4.69) is 10.6 Å². The van der Waals surface area contributed by atoms with Gasteiger partial charge < -0.3 is 34.3 Å². The molecule has 0 aromatic heterocycles. The third kappa shape index (κ3) is 8.15. The molecule has 0 spiro atoms. The van der Waals surface area contributed by atoms with Crippen molar-refractivity contribution in [3.63, 3.8) is 0 Å². The summed E-state index contributed by atoms with van der Waals surface area (Å²) in [5, 5.41) is 5.84. The van der Waals surface area contributed by atoms with Crippen molar-refractivity contribution in [2.45, 2.75) is 0 Å². The van der Waals surface area contributed by atoms with Crippen molar-refractivity contribution in [2.75, 3.05) is 50.3 Å². The molecular formula is C34H32N2O7. The van der Waals surface area contributed by atoms with Gasteiger partial charge in [0.1, 0.15) is 49.4 Å². The van der Waals surface area contributed by atoms with E-state index in [1.54, 1.807) is 84.9 Å². The van der Waals surface area contributed by atoms with Gasteiger partial charge in [0, 0.05) is 0 Å². The Hall–Kier alpha value is -5.28. The molecule has 0 saturated carbocycles. The highest BCUT2D eigenvalue weighted by atomic mass is 16.5. The van der Waals surface area contributed by atoms with E-state index in [4.69, 9.17) is 23.7 Å². The molecule has 1 heterocycles. The summed E-state index contributed by atoms with van der Waals surface area (Å²) < 4.78 is 29.2. The number of amides is 2. The van der Waals surface area contributed by atoms with Crippen LogP contribution in [0.25, 0.3) is 0 Å².